The first-order valence-electron chi connectivity index (χ1n) is 9.30. The molecule has 5 nitrogen and oxygen atoms in total. The Hall–Kier alpha value is -3.26. The van der Waals surface area contributed by atoms with Gasteiger partial charge in [0.2, 0.25) is 0 Å². The molecule has 2 aromatic rings. The lowest BCUT2D eigenvalue weighted by molar-refractivity contribution is -0.137. The van der Waals surface area contributed by atoms with Crippen LogP contribution in [0.15, 0.2) is 48.0 Å². The summed E-state index contributed by atoms with van der Waals surface area (Å²) in [5.41, 5.74) is 3.12. The topological polar surface area (TPSA) is 68.6 Å². The Morgan fingerprint density at radius 2 is 1.71 bits per heavy atom. The van der Waals surface area contributed by atoms with Crippen LogP contribution in [0.4, 0.5) is 0 Å². The lowest BCUT2D eigenvalue weighted by Gasteiger charge is -2.10. The first-order chi connectivity index (χ1) is 13.5. The zero-order valence-electron chi connectivity index (χ0n) is 16.5. The van der Waals surface area contributed by atoms with E-state index in [0.29, 0.717) is 19.0 Å². The molecule has 0 spiro atoms. The Labute approximate surface area is 166 Å². The maximum atomic E-state index is 11.6. The summed E-state index contributed by atoms with van der Waals surface area (Å²) in [5.74, 6) is 0.919. The van der Waals surface area contributed by atoms with Crippen LogP contribution in [0.1, 0.15) is 30.5 Å². The van der Waals surface area contributed by atoms with Gasteiger partial charge in [0, 0.05) is 0 Å². The first-order valence-corrected chi connectivity index (χ1v) is 9.30. The van der Waals surface area contributed by atoms with Crippen LogP contribution in [0.3, 0.4) is 0 Å². The molecule has 0 aromatic heterocycles. The molecule has 0 aliphatic carbocycles. The third-order valence-corrected chi connectivity index (χ3v) is 3.95. The van der Waals surface area contributed by atoms with Gasteiger partial charge in [0.15, 0.2) is 0 Å². The molecule has 0 fully saturated rings. The molecule has 2 rings (SSSR count). The van der Waals surface area contributed by atoms with E-state index >= 15 is 0 Å². The van der Waals surface area contributed by atoms with E-state index in [4.69, 9.17) is 19.5 Å². The number of rotatable bonds is 9. The monoisotopic (exact) mass is 379 g/mol. The van der Waals surface area contributed by atoms with Gasteiger partial charge in [-0.3, -0.25) is 0 Å². The van der Waals surface area contributed by atoms with E-state index in [9.17, 15) is 4.79 Å². The van der Waals surface area contributed by atoms with Crippen molar-refractivity contribution in [2.75, 3.05) is 19.8 Å². The molecule has 146 valence electrons. The molecule has 0 amide bonds. The molecule has 0 bridgehead atoms. The molecule has 0 radical (unpaired) electrons. The van der Waals surface area contributed by atoms with E-state index in [0.717, 1.165) is 17.7 Å². The zero-order valence-corrected chi connectivity index (χ0v) is 16.5. The molecule has 0 saturated carbocycles. The van der Waals surface area contributed by atoms with E-state index in [1.165, 1.54) is 17.2 Å². The number of benzene rings is 2. The lowest BCUT2D eigenvalue weighted by Crippen LogP contribution is -2.09. The van der Waals surface area contributed by atoms with Crippen LogP contribution in [-0.2, 0) is 16.0 Å². The smallest absolute Gasteiger partial charge is 0.348 e. The van der Waals surface area contributed by atoms with Crippen LogP contribution < -0.4 is 9.47 Å². The quantitative estimate of drug-likeness (QED) is 0.278. The minimum Gasteiger partial charge on any atom is -0.490 e. The average molecular weight is 379 g/mol. The fourth-order valence-electron chi connectivity index (χ4n) is 2.60. The Bertz CT molecular complexity index is 863. The molecule has 0 unspecified atom stereocenters. The van der Waals surface area contributed by atoms with Crippen molar-refractivity contribution in [1.82, 2.24) is 0 Å². The van der Waals surface area contributed by atoms with Crippen LogP contribution in [-0.4, -0.2) is 25.8 Å². The van der Waals surface area contributed by atoms with Gasteiger partial charge in [-0.1, -0.05) is 25.1 Å². The fraction of sp³-hybridized carbons (Fsp3) is 0.304. The van der Waals surface area contributed by atoms with Crippen molar-refractivity contribution < 1.29 is 19.0 Å². The maximum absolute atomic E-state index is 11.6. The number of nitriles is 1. The van der Waals surface area contributed by atoms with E-state index in [1.807, 2.05) is 18.2 Å². The number of hydrogen-bond acceptors (Lipinski definition) is 5. The molecule has 0 aliphatic rings. The third kappa shape index (κ3) is 6.48. The summed E-state index contributed by atoms with van der Waals surface area (Å²) in [4.78, 5) is 11.6. The Kier molecular flexibility index (Phi) is 8.11. The highest BCUT2D eigenvalue weighted by atomic mass is 16.5. The normalized spacial score (nSPS) is 10.9. The SMILES string of the molecule is CCOC(=O)C(C#N)=Cc1ccc(OCCOc2cc(C)cc(CC)c2)cc1. The fourth-order valence-corrected chi connectivity index (χ4v) is 2.60. The maximum Gasteiger partial charge on any atom is 0.348 e. The van der Waals surface area contributed by atoms with Gasteiger partial charge in [-0.2, -0.15) is 5.26 Å². The summed E-state index contributed by atoms with van der Waals surface area (Å²) in [6.07, 6.45) is 2.47. The van der Waals surface area contributed by atoms with Crippen LogP contribution in [0, 0.1) is 18.3 Å². The molecular weight excluding hydrogens is 354 g/mol. The van der Waals surface area contributed by atoms with Gasteiger partial charge in [-0.05, 0) is 67.3 Å². The highest BCUT2D eigenvalue weighted by molar-refractivity contribution is 5.97. The second-order valence-electron chi connectivity index (χ2n) is 6.16. The number of carbonyl (C=O) groups is 1. The van der Waals surface area contributed by atoms with Crippen LogP contribution in [0.2, 0.25) is 0 Å². The number of carbonyl (C=O) groups excluding carboxylic acids is 1. The van der Waals surface area contributed by atoms with Crippen molar-refractivity contribution in [3.8, 4) is 17.6 Å². The predicted octanol–water partition coefficient (Wildman–Crippen LogP) is 4.49. The number of esters is 1. The molecular formula is C23H25NO4. The van der Waals surface area contributed by atoms with Crippen molar-refractivity contribution in [2.24, 2.45) is 0 Å². The minimum atomic E-state index is -0.621. The summed E-state index contributed by atoms with van der Waals surface area (Å²) in [6.45, 7) is 6.96. The van der Waals surface area contributed by atoms with Gasteiger partial charge < -0.3 is 14.2 Å². The van der Waals surface area contributed by atoms with Crippen molar-refractivity contribution in [3.63, 3.8) is 0 Å². The molecule has 2 aromatic carbocycles. The van der Waals surface area contributed by atoms with Crippen molar-refractivity contribution in [1.29, 1.82) is 5.26 Å². The Balaban J connectivity index is 1.87. The predicted molar refractivity (Wildman–Crippen MR) is 108 cm³/mol. The van der Waals surface area contributed by atoms with Crippen molar-refractivity contribution in [2.45, 2.75) is 27.2 Å². The van der Waals surface area contributed by atoms with Gasteiger partial charge in [0.1, 0.15) is 36.4 Å². The van der Waals surface area contributed by atoms with Gasteiger partial charge >= 0.3 is 5.97 Å². The minimum absolute atomic E-state index is 0.0338. The summed E-state index contributed by atoms with van der Waals surface area (Å²) < 4.78 is 16.3. The summed E-state index contributed by atoms with van der Waals surface area (Å²) in [7, 11) is 0. The molecule has 0 heterocycles. The number of ether oxygens (including phenoxy) is 3. The van der Waals surface area contributed by atoms with Crippen molar-refractivity contribution in [3.05, 3.63) is 64.7 Å². The third-order valence-electron chi connectivity index (χ3n) is 3.95. The standard InChI is InChI=1S/C23H25NO4/c1-4-18-12-17(3)13-22(15-18)28-11-10-27-21-8-6-19(7-9-21)14-20(16-24)23(25)26-5-2/h6-9,12-15H,4-5,10-11H2,1-3H3. The lowest BCUT2D eigenvalue weighted by atomic mass is 10.1. The second-order valence-corrected chi connectivity index (χ2v) is 6.16. The highest BCUT2D eigenvalue weighted by Crippen LogP contribution is 2.18. The molecule has 0 atom stereocenters. The number of hydrogen-bond donors (Lipinski definition) is 0. The summed E-state index contributed by atoms with van der Waals surface area (Å²) >= 11 is 0. The molecule has 28 heavy (non-hydrogen) atoms. The summed E-state index contributed by atoms with van der Waals surface area (Å²) in [5, 5.41) is 9.07. The van der Waals surface area contributed by atoms with E-state index in [1.54, 1.807) is 31.2 Å². The summed E-state index contributed by atoms with van der Waals surface area (Å²) in [6, 6.07) is 15.2. The molecule has 0 N–H and O–H groups in total. The van der Waals surface area contributed by atoms with Gasteiger partial charge in [0.25, 0.3) is 0 Å². The second kappa shape index (κ2) is 10.8. The average Bonchev–Trinajstić information content (AvgIpc) is 2.70. The largest absolute Gasteiger partial charge is 0.490 e. The first kappa shape index (κ1) is 21.0. The zero-order chi connectivity index (χ0) is 20.4. The van der Waals surface area contributed by atoms with Gasteiger partial charge in [-0.25, -0.2) is 4.79 Å². The van der Waals surface area contributed by atoms with E-state index in [-0.39, 0.29) is 12.2 Å². The Morgan fingerprint density at radius 3 is 2.32 bits per heavy atom. The van der Waals surface area contributed by atoms with Gasteiger partial charge in [-0.15, -0.1) is 0 Å². The van der Waals surface area contributed by atoms with Crippen molar-refractivity contribution >= 4 is 12.0 Å². The van der Waals surface area contributed by atoms with Crippen LogP contribution in [0.5, 0.6) is 11.5 Å². The molecule has 0 aliphatic heterocycles. The number of nitrogens with zero attached hydrogens (tertiary/aromatic N) is 1. The number of aryl methyl sites for hydroxylation is 2. The van der Waals surface area contributed by atoms with E-state index in [2.05, 4.69) is 19.9 Å². The molecule has 0 saturated heterocycles. The molecule has 5 heteroatoms. The van der Waals surface area contributed by atoms with E-state index < -0.39 is 5.97 Å². The Morgan fingerprint density at radius 1 is 1.04 bits per heavy atom. The van der Waals surface area contributed by atoms with Crippen LogP contribution in [0.25, 0.3) is 6.08 Å². The van der Waals surface area contributed by atoms with Gasteiger partial charge in [0.05, 0.1) is 6.61 Å². The van der Waals surface area contributed by atoms with Crippen LogP contribution >= 0.6 is 0 Å². The highest BCUT2D eigenvalue weighted by Gasteiger charge is 2.09.